The molecule has 0 spiro atoms. The number of methoxy groups -OCH3 is 1. The number of pyridine rings is 1. The van der Waals surface area contributed by atoms with Crippen LogP contribution in [0.4, 0.5) is 8.78 Å². The summed E-state index contributed by atoms with van der Waals surface area (Å²) >= 11 is 3.12. The average Bonchev–Trinajstić information content (AvgIpc) is 2.03. The molecule has 13 heavy (non-hydrogen) atoms. The number of ether oxygens (including phenoxy) is 1. The van der Waals surface area contributed by atoms with Gasteiger partial charge in [-0.05, 0) is 15.9 Å². The number of hydrogen-bond donors (Lipinski definition) is 0. The van der Waals surface area contributed by atoms with E-state index in [2.05, 4.69) is 20.9 Å². The zero-order chi connectivity index (χ0) is 10.1. The molecule has 0 N–H and O–H groups in total. The number of alkyl halides is 2. The van der Waals surface area contributed by atoms with Crippen LogP contribution in [0.25, 0.3) is 0 Å². The maximum atomic E-state index is 12.8. The Morgan fingerprint density at radius 2 is 2.15 bits per heavy atom. The van der Waals surface area contributed by atoms with Gasteiger partial charge in [-0.25, -0.2) is 0 Å². The van der Waals surface area contributed by atoms with E-state index in [4.69, 9.17) is 4.74 Å². The predicted octanol–water partition coefficient (Wildman–Crippen LogP) is 2.96. The minimum Gasteiger partial charge on any atom is -0.495 e. The normalized spacial score (nSPS) is 11.5. The van der Waals surface area contributed by atoms with E-state index < -0.39 is 5.92 Å². The van der Waals surface area contributed by atoms with Gasteiger partial charge >= 0.3 is 0 Å². The summed E-state index contributed by atoms with van der Waals surface area (Å²) in [6, 6.07) is 1.21. The van der Waals surface area contributed by atoms with Crippen molar-refractivity contribution in [3.05, 3.63) is 22.4 Å². The Morgan fingerprint density at radius 3 is 2.62 bits per heavy atom. The van der Waals surface area contributed by atoms with Crippen LogP contribution in [0.1, 0.15) is 12.6 Å². The molecule has 72 valence electrons. The third kappa shape index (κ3) is 2.37. The van der Waals surface area contributed by atoms with Gasteiger partial charge in [-0.3, -0.25) is 4.98 Å². The molecule has 0 unspecified atom stereocenters. The van der Waals surface area contributed by atoms with Crippen molar-refractivity contribution in [1.82, 2.24) is 4.98 Å². The van der Waals surface area contributed by atoms with E-state index in [-0.39, 0.29) is 5.69 Å². The molecule has 1 aromatic rings. The Bertz CT molecular complexity index is 312. The van der Waals surface area contributed by atoms with E-state index in [1.165, 1.54) is 19.4 Å². The van der Waals surface area contributed by atoms with Crippen LogP contribution in [0.5, 0.6) is 5.75 Å². The largest absolute Gasteiger partial charge is 0.495 e. The lowest BCUT2D eigenvalue weighted by atomic mass is 10.2. The van der Waals surface area contributed by atoms with Gasteiger partial charge in [-0.15, -0.1) is 0 Å². The van der Waals surface area contributed by atoms with Gasteiger partial charge < -0.3 is 4.74 Å². The van der Waals surface area contributed by atoms with Crippen LogP contribution in [-0.4, -0.2) is 12.1 Å². The van der Waals surface area contributed by atoms with Crippen LogP contribution in [0.2, 0.25) is 0 Å². The molecule has 0 aliphatic rings. The molecule has 0 bridgehead atoms. The quantitative estimate of drug-likeness (QED) is 0.807. The first-order valence-electron chi connectivity index (χ1n) is 3.53. The summed E-state index contributed by atoms with van der Waals surface area (Å²) in [7, 11) is 1.41. The fourth-order valence-corrected chi connectivity index (χ4v) is 1.20. The zero-order valence-electron chi connectivity index (χ0n) is 7.14. The SMILES string of the molecule is COc1cc(C(C)(F)F)ncc1Br. The Labute approximate surface area is 83.1 Å². The van der Waals surface area contributed by atoms with E-state index in [9.17, 15) is 8.78 Å². The van der Waals surface area contributed by atoms with E-state index in [0.717, 1.165) is 6.92 Å². The fraction of sp³-hybridized carbons (Fsp3) is 0.375. The summed E-state index contributed by atoms with van der Waals surface area (Å²) in [6.07, 6.45) is 1.30. The van der Waals surface area contributed by atoms with Crippen molar-refractivity contribution in [2.24, 2.45) is 0 Å². The van der Waals surface area contributed by atoms with E-state index in [0.29, 0.717) is 10.2 Å². The maximum absolute atomic E-state index is 12.8. The van der Waals surface area contributed by atoms with Crippen LogP contribution in [0.15, 0.2) is 16.7 Å². The lowest BCUT2D eigenvalue weighted by molar-refractivity contribution is 0.0125. The number of aromatic nitrogens is 1. The Hall–Kier alpha value is -0.710. The summed E-state index contributed by atoms with van der Waals surface area (Å²) in [6.45, 7) is 0.794. The lowest BCUT2D eigenvalue weighted by Gasteiger charge is -2.11. The molecule has 0 aliphatic carbocycles. The minimum atomic E-state index is -2.94. The second-order valence-corrected chi connectivity index (χ2v) is 3.45. The van der Waals surface area contributed by atoms with E-state index >= 15 is 0 Å². The van der Waals surface area contributed by atoms with Gasteiger partial charge in [-0.2, -0.15) is 8.78 Å². The first-order valence-corrected chi connectivity index (χ1v) is 4.32. The number of nitrogens with zero attached hydrogens (tertiary/aromatic N) is 1. The second kappa shape index (κ2) is 3.57. The molecule has 0 radical (unpaired) electrons. The van der Waals surface area contributed by atoms with Gasteiger partial charge in [0.25, 0.3) is 5.92 Å². The molecule has 1 rings (SSSR count). The van der Waals surface area contributed by atoms with Crippen LogP contribution in [0, 0.1) is 0 Å². The smallest absolute Gasteiger partial charge is 0.287 e. The molecule has 0 fully saturated rings. The summed E-state index contributed by atoms with van der Waals surface area (Å²) in [5, 5.41) is 0. The minimum absolute atomic E-state index is 0.299. The Balaban J connectivity index is 3.14. The molecule has 0 aliphatic heterocycles. The van der Waals surface area contributed by atoms with E-state index in [1.807, 2.05) is 0 Å². The van der Waals surface area contributed by atoms with Crippen LogP contribution in [-0.2, 0) is 5.92 Å². The zero-order valence-corrected chi connectivity index (χ0v) is 8.73. The van der Waals surface area contributed by atoms with Crippen LogP contribution in [0.3, 0.4) is 0 Å². The third-order valence-corrected chi connectivity index (χ3v) is 2.09. The van der Waals surface area contributed by atoms with Crippen molar-refractivity contribution in [1.29, 1.82) is 0 Å². The fourth-order valence-electron chi connectivity index (χ4n) is 0.817. The topological polar surface area (TPSA) is 22.1 Å². The third-order valence-electron chi connectivity index (χ3n) is 1.49. The Morgan fingerprint density at radius 1 is 1.54 bits per heavy atom. The van der Waals surface area contributed by atoms with Gasteiger partial charge in [0.1, 0.15) is 11.4 Å². The molecular formula is C8H8BrF2NO. The molecule has 0 atom stereocenters. The van der Waals surface area contributed by atoms with Crippen molar-refractivity contribution in [3.8, 4) is 5.75 Å². The number of rotatable bonds is 2. The lowest BCUT2D eigenvalue weighted by Crippen LogP contribution is -2.09. The first kappa shape index (κ1) is 10.4. The molecule has 1 aromatic heterocycles. The van der Waals surface area contributed by atoms with Crippen molar-refractivity contribution in [2.45, 2.75) is 12.8 Å². The molecular weight excluding hydrogens is 244 g/mol. The van der Waals surface area contributed by atoms with Crippen molar-refractivity contribution < 1.29 is 13.5 Å². The molecule has 1 heterocycles. The van der Waals surface area contributed by atoms with Crippen LogP contribution < -0.4 is 4.74 Å². The van der Waals surface area contributed by atoms with Crippen molar-refractivity contribution in [2.75, 3.05) is 7.11 Å². The highest BCUT2D eigenvalue weighted by molar-refractivity contribution is 9.10. The average molecular weight is 252 g/mol. The van der Waals surface area contributed by atoms with Crippen molar-refractivity contribution >= 4 is 15.9 Å². The van der Waals surface area contributed by atoms with Gasteiger partial charge in [0.15, 0.2) is 0 Å². The van der Waals surface area contributed by atoms with Crippen LogP contribution >= 0.6 is 15.9 Å². The summed E-state index contributed by atoms with van der Waals surface area (Å²) in [4.78, 5) is 3.58. The molecule has 0 amide bonds. The maximum Gasteiger partial charge on any atom is 0.287 e. The molecule has 0 saturated carbocycles. The van der Waals surface area contributed by atoms with Gasteiger partial charge in [0.2, 0.25) is 0 Å². The highest BCUT2D eigenvalue weighted by atomic mass is 79.9. The van der Waals surface area contributed by atoms with E-state index in [1.54, 1.807) is 0 Å². The standard InChI is InChI=1S/C8H8BrF2NO/c1-8(10,11)7-3-6(13-2)5(9)4-12-7/h3-4H,1-2H3. The summed E-state index contributed by atoms with van der Waals surface area (Å²) in [5.74, 6) is -2.58. The van der Waals surface area contributed by atoms with Gasteiger partial charge in [0.05, 0.1) is 11.6 Å². The Kier molecular flexibility index (Phi) is 2.85. The molecule has 2 nitrogen and oxygen atoms in total. The number of halogens is 3. The second-order valence-electron chi connectivity index (χ2n) is 2.59. The molecule has 0 saturated heterocycles. The predicted molar refractivity (Wildman–Crippen MR) is 48.1 cm³/mol. The first-order chi connectivity index (χ1) is 5.95. The highest BCUT2D eigenvalue weighted by Gasteiger charge is 2.26. The summed E-state index contributed by atoms with van der Waals surface area (Å²) < 4.78 is 31.0. The van der Waals surface area contributed by atoms with Gasteiger partial charge in [0, 0.05) is 19.2 Å². The van der Waals surface area contributed by atoms with Gasteiger partial charge in [-0.1, -0.05) is 0 Å². The molecule has 5 heteroatoms. The van der Waals surface area contributed by atoms with Crippen molar-refractivity contribution in [3.63, 3.8) is 0 Å². The highest BCUT2D eigenvalue weighted by Crippen LogP contribution is 2.31. The molecule has 0 aromatic carbocycles. The summed E-state index contributed by atoms with van der Waals surface area (Å²) in [5.41, 5.74) is -0.299. The number of hydrogen-bond acceptors (Lipinski definition) is 2. The monoisotopic (exact) mass is 251 g/mol.